The molecule has 0 saturated carbocycles. The Morgan fingerprint density at radius 2 is 1.85 bits per heavy atom. The molecule has 2 aromatic heterocycles. The normalized spacial score (nSPS) is 11.6. The first-order chi connectivity index (χ1) is 12.4. The predicted molar refractivity (Wildman–Crippen MR) is 92.4 cm³/mol. The molecule has 1 aromatic carbocycles. The van der Waals surface area contributed by atoms with Crippen molar-refractivity contribution < 1.29 is 17.2 Å². The molecule has 3 aromatic rings. The number of halogens is 2. The van der Waals surface area contributed by atoms with Gasteiger partial charge in [-0.15, -0.1) is 0 Å². The van der Waals surface area contributed by atoms with Crippen molar-refractivity contribution in [1.29, 1.82) is 0 Å². The molecule has 0 amide bonds. The summed E-state index contributed by atoms with van der Waals surface area (Å²) in [5.74, 6) is -2.07. The van der Waals surface area contributed by atoms with Gasteiger partial charge in [0, 0.05) is 36.3 Å². The van der Waals surface area contributed by atoms with E-state index in [0.717, 1.165) is 29.5 Å². The Hall–Kier alpha value is -2.65. The summed E-state index contributed by atoms with van der Waals surface area (Å²) in [6.45, 7) is 0.382. The van der Waals surface area contributed by atoms with Crippen molar-refractivity contribution in [3.05, 3.63) is 72.2 Å². The van der Waals surface area contributed by atoms with Crippen LogP contribution in [0.3, 0.4) is 0 Å². The third-order valence-corrected chi connectivity index (χ3v) is 4.97. The van der Waals surface area contributed by atoms with Crippen LogP contribution in [0.15, 0.2) is 55.0 Å². The second kappa shape index (κ2) is 7.71. The molecule has 1 N–H and O–H groups in total. The van der Waals surface area contributed by atoms with Crippen molar-refractivity contribution in [3.63, 3.8) is 0 Å². The van der Waals surface area contributed by atoms with Crippen LogP contribution < -0.4 is 4.72 Å². The van der Waals surface area contributed by atoms with Crippen LogP contribution in [0.5, 0.6) is 0 Å². The minimum Gasteiger partial charge on any atom is -0.271 e. The minimum absolute atomic E-state index is 0.0801. The van der Waals surface area contributed by atoms with E-state index >= 15 is 0 Å². The van der Waals surface area contributed by atoms with Crippen LogP contribution in [0, 0.1) is 11.6 Å². The van der Waals surface area contributed by atoms with Crippen LogP contribution in [-0.2, 0) is 22.3 Å². The van der Waals surface area contributed by atoms with E-state index in [9.17, 15) is 17.2 Å². The lowest BCUT2D eigenvalue weighted by Crippen LogP contribution is -2.29. The lowest BCUT2D eigenvalue weighted by molar-refractivity contribution is 0.555. The van der Waals surface area contributed by atoms with Crippen LogP contribution in [0.1, 0.15) is 5.56 Å². The van der Waals surface area contributed by atoms with Gasteiger partial charge < -0.3 is 0 Å². The number of hydrogen-bond donors (Lipinski definition) is 1. The smallest absolute Gasteiger partial charge is 0.215 e. The van der Waals surface area contributed by atoms with Crippen LogP contribution in [-0.4, -0.2) is 29.7 Å². The van der Waals surface area contributed by atoms with Gasteiger partial charge in [0.15, 0.2) is 0 Å². The third kappa shape index (κ3) is 4.70. The Kier molecular flexibility index (Phi) is 5.38. The van der Waals surface area contributed by atoms with Gasteiger partial charge >= 0.3 is 0 Å². The minimum atomic E-state index is -3.80. The molecule has 9 heteroatoms. The van der Waals surface area contributed by atoms with E-state index in [2.05, 4.69) is 14.8 Å². The average Bonchev–Trinajstić information content (AvgIpc) is 3.07. The van der Waals surface area contributed by atoms with Crippen molar-refractivity contribution in [3.8, 4) is 11.3 Å². The molecule has 0 aliphatic rings. The molecule has 0 atom stereocenters. The average molecular weight is 378 g/mol. The first-order valence-corrected chi connectivity index (χ1v) is 9.43. The highest BCUT2D eigenvalue weighted by atomic mass is 32.2. The van der Waals surface area contributed by atoms with Crippen molar-refractivity contribution in [2.45, 2.75) is 12.3 Å². The van der Waals surface area contributed by atoms with Gasteiger partial charge in [0.25, 0.3) is 0 Å². The summed E-state index contributed by atoms with van der Waals surface area (Å²) in [5.41, 5.74) is 1.44. The Bertz CT molecular complexity index is 991. The molecular weight excluding hydrogens is 362 g/mol. The fourth-order valence-electron chi connectivity index (χ4n) is 2.39. The fraction of sp³-hybridized carbons (Fsp3) is 0.176. The second-order valence-electron chi connectivity index (χ2n) is 5.59. The Morgan fingerprint density at radius 3 is 2.62 bits per heavy atom. The maximum atomic E-state index is 13.6. The quantitative estimate of drug-likeness (QED) is 0.685. The highest BCUT2D eigenvalue weighted by Gasteiger charge is 2.15. The molecule has 0 fully saturated rings. The van der Waals surface area contributed by atoms with Gasteiger partial charge in [0.05, 0.1) is 18.0 Å². The van der Waals surface area contributed by atoms with Crippen LogP contribution in [0.4, 0.5) is 8.78 Å². The summed E-state index contributed by atoms with van der Waals surface area (Å²) in [4.78, 5) is 3.94. The molecule has 26 heavy (non-hydrogen) atoms. The summed E-state index contributed by atoms with van der Waals surface area (Å²) < 4.78 is 54.8. The van der Waals surface area contributed by atoms with Gasteiger partial charge in [0.2, 0.25) is 10.0 Å². The Balaban J connectivity index is 1.57. The molecule has 2 heterocycles. The van der Waals surface area contributed by atoms with Gasteiger partial charge in [-0.25, -0.2) is 21.9 Å². The third-order valence-electron chi connectivity index (χ3n) is 3.63. The standard InChI is InChI=1S/C17H16F2N4O2S/c18-15-1-2-16(19)14(11-15)12-26(24,25)21-8-10-23-9-5-17(22-23)13-3-6-20-7-4-13/h1-7,9,11,21H,8,10,12H2. The maximum absolute atomic E-state index is 13.6. The number of hydrogen-bond acceptors (Lipinski definition) is 4. The monoisotopic (exact) mass is 378 g/mol. The number of nitrogens with zero attached hydrogens (tertiary/aromatic N) is 3. The topological polar surface area (TPSA) is 76.9 Å². The van der Waals surface area contributed by atoms with E-state index < -0.39 is 27.4 Å². The predicted octanol–water partition coefficient (Wildman–Crippen LogP) is 2.34. The zero-order valence-electron chi connectivity index (χ0n) is 13.6. The van der Waals surface area contributed by atoms with Crippen molar-refractivity contribution >= 4 is 10.0 Å². The first-order valence-electron chi connectivity index (χ1n) is 7.78. The molecule has 3 rings (SSSR count). The van der Waals surface area contributed by atoms with Crippen molar-refractivity contribution in [2.75, 3.05) is 6.54 Å². The SMILES string of the molecule is O=S(=O)(Cc1cc(F)ccc1F)NCCn1ccc(-c2ccncc2)n1. The number of rotatable bonds is 7. The zero-order chi connectivity index (χ0) is 18.6. The van der Waals surface area contributed by atoms with E-state index in [1.54, 1.807) is 23.3 Å². The Labute approximate surface area is 149 Å². The maximum Gasteiger partial charge on any atom is 0.215 e. The van der Waals surface area contributed by atoms with Crippen molar-refractivity contribution in [1.82, 2.24) is 19.5 Å². The number of aromatic nitrogens is 3. The van der Waals surface area contributed by atoms with Gasteiger partial charge in [-0.05, 0) is 36.4 Å². The van der Waals surface area contributed by atoms with Crippen LogP contribution in [0.25, 0.3) is 11.3 Å². The summed E-state index contributed by atoms with van der Waals surface area (Å²) in [7, 11) is -3.80. The number of nitrogens with one attached hydrogen (secondary N) is 1. The van der Waals surface area contributed by atoms with Crippen LogP contribution >= 0.6 is 0 Å². The highest BCUT2D eigenvalue weighted by molar-refractivity contribution is 7.88. The van der Waals surface area contributed by atoms with Crippen molar-refractivity contribution in [2.24, 2.45) is 0 Å². The first kappa shape index (κ1) is 18.2. The molecule has 0 spiro atoms. The summed E-state index contributed by atoms with van der Waals surface area (Å²) >= 11 is 0. The molecule has 0 radical (unpaired) electrons. The molecule has 0 aliphatic heterocycles. The molecule has 6 nitrogen and oxygen atoms in total. The number of sulfonamides is 1. The zero-order valence-corrected chi connectivity index (χ0v) is 14.5. The second-order valence-corrected chi connectivity index (χ2v) is 7.40. The summed E-state index contributed by atoms with van der Waals surface area (Å²) in [6.07, 6.45) is 5.05. The summed E-state index contributed by atoms with van der Waals surface area (Å²) in [5, 5.41) is 4.35. The molecule has 0 unspecified atom stereocenters. The molecule has 0 aliphatic carbocycles. The van der Waals surface area contributed by atoms with E-state index in [0.29, 0.717) is 6.54 Å². The van der Waals surface area contributed by atoms with E-state index in [4.69, 9.17) is 0 Å². The lowest BCUT2D eigenvalue weighted by atomic mass is 10.2. The van der Waals surface area contributed by atoms with Gasteiger partial charge in [-0.3, -0.25) is 9.67 Å². The van der Waals surface area contributed by atoms with E-state index in [-0.39, 0.29) is 12.1 Å². The number of benzene rings is 1. The number of pyridine rings is 1. The van der Waals surface area contributed by atoms with E-state index in [1.165, 1.54) is 0 Å². The largest absolute Gasteiger partial charge is 0.271 e. The highest BCUT2D eigenvalue weighted by Crippen LogP contribution is 2.15. The van der Waals surface area contributed by atoms with E-state index in [1.807, 2.05) is 18.2 Å². The van der Waals surface area contributed by atoms with Crippen LogP contribution in [0.2, 0.25) is 0 Å². The molecule has 0 saturated heterocycles. The van der Waals surface area contributed by atoms with Gasteiger partial charge in [-0.2, -0.15) is 5.10 Å². The van der Waals surface area contributed by atoms with Gasteiger partial charge in [-0.1, -0.05) is 0 Å². The summed E-state index contributed by atoms with van der Waals surface area (Å²) in [6, 6.07) is 8.18. The fourth-order valence-corrected chi connectivity index (χ4v) is 3.52. The Morgan fingerprint density at radius 1 is 1.08 bits per heavy atom. The van der Waals surface area contributed by atoms with Gasteiger partial charge in [0.1, 0.15) is 11.6 Å². The lowest BCUT2D eigenvalue weighted by Gasteiger charge is -2.08. The molecule has 136 valence electrons. The molecule has 0 bridgehead atoms. The molecular formula is C17H16F2N4O2S.